The van der Waals surface area contributed by atoms with Crippen LogP contribution >= 0.6 is 11.6 Å². The van der Waals surface area contributed by atoms with Gasteiger partial charge in [-0.1, -0.05) is 36.9 Å². The Morgan fingerprint density at radius 2 is 1.90 bits per heavy atom. The molecule has 1 aromatic carbocycles. The lowest BCUT2D eigenvalue weighted by molar-refractivity contribution is -0.707. The second-order valence-electron chi connectivity index (χ2n) is 6.09. The maximum atomic E-state index is 12.3. The Labute approximate surface area is 132 Å². The number of quaternary nitrogens is 1. The van der Waals surface area contributed by atoms with E-state index in [9.17, 15) is 4.79 Å². The van der Waals surface area contributed by atoms with Crippen molar-refractivity contribution in [3.63, 3.8) is 0 Å². The molecule has 1 amide bonds. The van der Waals surface area contributed by atoms with E-state index in [1.54, 1.807) is 12.1 Å². The van der Waals surface area contributed by atoms with Gasteiger partial charge in [0.15, 0.2) is 6.04 Å². The van der Waals surface area contributed by atoms with Crippen molar-refractivity contribution in [3.8, 4) is 0 Å². The molecular formula is C17H26ClN2O+. The minimum atomic E-state index is -0.0617. The van der Waals surface area contributed by atoms with Gasteiger partial charge in [0, 0.05) is 10.7 Å². The minimum absolute atomic E-state index is 0.0549. The van der Waals surface area contributed by atoms with Crippen LogP contribution in [0, 0.1) is 0 Å². The lowest BCUT2D eigenvalue weighted by Crippen LogP contribution is -2.96. The third kappa shape index (κ3) is 5.68. The van der Waals surface area contributed by atoms with Gasteiger partial charge in [-0.15, -0.1) is 0 Å². The third-order valence-electron chi connectivity index (χ3n) is 4.22. The zero-order valence-electron chi connectivity index (χ0n) is 12.8. The number of carbonyl (C=O) groups is 1. The van der Waals surface area contributed by atoms with Crippen molar-refractivity contribution in [2.45, 2.75) is 64.0 Å². The van der Waals surface area contributed by atoms with Crippen molar-refractivity contribution in [1.82, 2.24) is 0 Å². The normalized spacial score (nSPS) is 18.6. The molecule has 0 radical (unpaired) electrons. The van der Waals surface area contributed by atoms with Gasteiger partial charge in [-0.25, -0.2) is 0 Å². The monoisotopic (exact) mass is 309 g/mol. The van der Waals surface area contributed by atoms with Crippen molar-refractivity contribution in [1.29, 1.82) is 0 Å². The molecule has 1 saturated carbocycles. The molecule has 0 saturated heterocycles. The van der Waals surface area contributed by atoms with E-state index in [2.05, 4.69) is 10.6 Å². The lowest BCUT2D eigenvalue weighted by Gasteiger charge is -2.21. The van der Waals surface area contributed by atoms with E-state index in [-0.39, 0.29) is 11.9 Å². The first-order valence-corrected chi connectivity index (χ1v) is 8.44. The molecule has 0 aromatic heterocycles. The maximum absolute atomic E-state index is 12.3. The largest absolute Gasteiger partial charge is 0.334 e. The van der Waals surface area contributed by atoms with Crippen LogP contribution in [0.15, 0.2) is 24.3 Å². The lowest BCUT2D eigenvalue weighted by atomic mass is 9.96. The highest BCUT2D eigenvalue weighted by Crippen LogP contribution is 2.16. The Morgan fingerprint density at radius 1 is 1.24 bits per heavy atom. The van der Waals surface area contributed by atoms with Crippen LogP contribution in [0.25, 0.3) is 0 Å². The smallest absolute Gasteiger partial charge is 0.282 e. The van der Waals surface area contributed by atoms with Crippen molar-refractivity contribution in [2.24, 2.45) is 0 Å². The number of amides is 1. The molecule has 0 spiro atoms. The predicted molar refractivity (Wildman–Crippen MR) is 87.6 cm³/mol. The Kier molecular flexibility index (Phi) is 6.52. The maximum Gasteiger partial charge on any atom is 0.282 e. The fraction of sp³-hybridized carbons (Fsp3) is 0.588. The number of hydrogen-bond donors (Lipinski definition) is 2. The van der Waals surface area contributed by atoms with Gasteiger partial charge in [0.05, 0.1) is 6.04 Å². The number of benzene rings is 1. The van der Waals surface area contributed by atoms with Crippen LogP contribution in [0.3, 0.4) is 0 Å². The van der Waals surface area contributed by atoms with E-state index in [0.717, 1.165) is 5.69 Å². The summed E-state index contributed by atoms with van der Waals surface area (Å²) in [6, 6.07) is 7.83. The fourth-order valence-corrected chi connectivity index (χ4v) is 3.19. The summed E-state index contributed by atoms with van der Waals surface area (Å²) < 4.78 is 0. The molecule has 0 heterocycles. The van der Waals surface area contributed by atoms with Crippen molar-refractivity contribution < 1.29 is 10.1 Å². The molecule has 0 unspecified atom stereocenters. The molecule has 1 aromatic rings. The Bertz CT molecular complexity index is 456. The standard InChI is InChI=1S/C17H25ClN2O/c1-13(19-15-9-5-3-2-4-6-10-15)17(21)20-16-11-7-8-14(18)12-16/h7-8,11-13,15,19H,2-6,9-10H2,1H3,(H,20,21)/p+1/t13-/m1/s1. The van der Waals surface area contributed by atoms with Crippen LogP contribution in [0.5, 0.6) is 0 Å². The number of carbonyl (C=O) groups excluding carboxylic acids is 1. The van der Waals surface area contributed by atoms with Crippen molar-refractivity contribution >= 4 is 23.2 Å². The SMILES string of the molecule is C[C@@H]([NH2+]C1CCCCCCC1)C(=O)Nc1cccc(Cl)c1. The van der Waals surface area contributed by atoms with Crippen LogP contribution in [0.2, 0.25) is 5.02 Å². The quantitative estimate of drug-likeness (QED) is 0.880. The van der Waals surface area contributed by atoms with Gasteiger partial charge in [-0.05, 0) is 50.8 Å². The summed E-state index contributed by atoms with van der Waals surface area (Å²) in [5.74, 6) is 0.0549. The van der Waals surface area contributed by atoms with Gasteiger partial charge in [0.2, 0.25) is 0 Å². The van der Waals surface area contributed by atoms with Crippen molar-refractivity contribution in [2.75, 3.05) is 5.32 Å². The van der Waals surface area contributed by atoms with Gasteiger partial charge in [-0.2, -0.15) is 0 Å². The molecule has 0 aliphatic heterocycles. The molecule has 3 N–H and O–H groups in total. The summed E-state index contributed by atoms with van der Waals surface area (Å²) in [5, 5.41) is 5.83. The molecule has 1 aliphatic rings. The predicted octanol–water partition coefficient (Wildman–Crippen LogP) is 3.34. The molecule has 21 heavy (non-hydrogen) atoms. The Hall–Kier alpha value is -1.06. The van der Waals surface area contributed by atoms with Crippen LogP contribution in [0.4, 0.5) is 5.69 Å². The van der Waals surface area contributed by atoms with Crippen LogP contribution in [-0.2, 0) is 4.79 Å². The highest BCUT2D eigenvalue weighted by atomic mass is 35.5. The summed E-state index contributed by atoms with van der Waals surface area (Å²) >= 11 is 5.94. The number of rotatable bonds is 4. The van der Waals surface area contributed by atoms with E-state index < -0.39 is 0 Å². The first-order valence-electron chi connectivity index (χ1n) is 8.06. The minimum Gasteiger partial charge on any atom is -0.334 e. The second-order valence-corrected chi connectivity index (χ2v) is 6.52. The number of hydrogen-bond acceptors (Lipinski definition) is 1. The van der Waals surface area contributed by atoms with E-state index in [1.807, 2.05) is 19.1 Å². The van der Waals surface area contributed by atoms with Gasteiger partial charge < -0.3 is 10.6 Å². The van der Waals surface area contributed by atoms with E-state index >= 15 is 0 Å². The summed E-state index contributed by atoms with van der Waals surface area (Å²) in [6.45, 7) is 1.98. The molecule has 1 atom stereocenters. The molecule has 4 heteroatoms. The van der Waals surface area contributed by atoms with Crippen molar-refractivity contribution in [3.05, 3.63) is 29.3 Å². The third-order valence-corrected chi connectivity index (χ3v) is 4.45. The fourth-order valence-electron chi connectivity index (χ4n) is 3.00. The van der Waals surface area contributed by atoms with Gasteiger partial charge >= 0.3 is 0 Å². The molecule has 116 valence electrons. The highest BCUT2D eigenvalue weighted by molar-refractivity contribution is 6.30. The van der Waals surface area contributed by atoms with E-state index in [4.69, 9.17) is 11.6 Å². The number of anilines is 1. The molecule has 3 nitrogen and oxygen atoms in total. The van der Waals surface area contributed by atoms with Gasteiger partial charge in [0.1, 0.15) is 0 Å². The van der Waals surface area contributed by atoms with E-state index in [1.165, 1.54) is 44.9 Å². The first-order chi connectivity index (χ1) is 10.1. The number of halogens is 1. The molecular weight excluding hydrogens is 284 g/mol. The topological polar surface area (TPSA) is 45.7 Å². The average molecular weight is 310 g/mol. The molecule has 1 fully saturated rings. The van der Waals surface area contributed by atoms with Gasteiger partial charge in [-0.3, -0.25) is 4.79 Å². The molecule has 2 rings (SSSR count). The second kappa shape index (κ2) is 8.40. The summed E-state index contributed by atoms with van der Waals surface area (Å²) in [5.41, 5.74) is 0.769. The Balaban J connectivity index is 1.83. The average Bonchev–Trinajstić information content (AvgIpc) is 2.41. The Morgan fingerprint density at radius 3 is 2.57 bits per heavy atom. The summed E-state index contributed by atoms with van der Waals surface area (Å²) in [7, 11) is 0. The van der Waals surface area contributed by atoms with E-state index in [0.29, 0.717) is 11.1 Å². The van der Waals surface area contributed by atoms with Crippen LogP contribution < -0.4 is 10.6 Å². The number of nitrogens with two attached hydrogens (primary N) is 1. The van der Waals surface area contributed by atoms with Crippen LogP contribution in [-0.4, -0.2) is 18.0 Å². The number of nitrogens with one attached hydrogen (secondary N) is 1. The first kappa shape index (κ1) is 16.3. The summed E-state index contributed by atoms with van der Waals surface area (Å²) in [6.07, 6.45) is 9.11. The molecule has 1 aliphatic carbocycles. The zero-order valence-corrected chi connectivity index (χ0v) is 13.5. The van der Waals surface area contributed by atoms with Gasteiger partial charge in [0.25, 0.3) is 5.91 Å². The summed E-state index contributed by atoms with van der Waals surface area (Å²) in [4.78, 5) is 12.3. The van der Waals surface area contributed by atoms with Crippen LogP contribution in [0.1, 0.15) is 51.9 Å². The highest BCUT2D eigenvalue weighted by Gasteiger charge is 2.22. The zero-order chi connectivity index (χ0) is 15.1. The molecule has 0 bridgehead atoms.